The van der Waals surface area contributed by atoms with E-state index in [2.05, 4.69) is 5.32 Å². The Morgan fingerprint density at radius 3 is 2.65 bits per heavy atom. The average Bonchev–Trinajstić information content (AvgIpc) is 2.43. The first-order valence-electron chi connectivity index (χ1n) is 6.19. The minimum Gasteiger partial charge on any atom is -0.483 e. The maximum atomic E-state index is 11.7. The predicted octanol–water partition coefficient (Wildman–Crippen LogP) is 1.24. The molecule has 0 atom stereocenters. The molecule has 1 rings (SSSR count). The van der Waals surface area contributed by atoms with Crippen molar-refractivity contribution in [3.8, 4) is 5.75 Å². The van der Waals surface area contributed by atoms with Gasteiger partial charge in [0.05, 0.1) is 11.2 Å². The van der Waals surface area contributed by atoms with E-state index in [0.717, 1.165) is 0 Å². The average molecular weight is 296 g/mol. The summed E-state index contributed by atoms with van der Waals surface area (Å²) in [5.41, 5.74) is 5.80. The van der Waals surface area contributed by atoms with Crippen molar-refractivity contribution in [2.24, 2.45) is 5.73 Å². The second-order valence-electron chi connectivity index (χ2n) is 4.89. The van der Waals surface area contributed by atoms with Crippen LogP contribution >= 0.6 is 12.2 Å². The lowest BCUT2D eigenvalue weighted by Gasteiger charge is -2.23. The highest BCUT2D eigenvalue weighted by molar-refractivity contribution is 7.80. The number of carbonyl (C=O) groups excluding carboxylic acids is 1. The van der Waals surface area contributed by atoms with E-state index in [1.54, 1.807) is 25.3 Å². The number of para-hydroxylation sites is 1. The Bertz CT molecular complexity index is 489. The molecule has 0 aromatic heterocycles. The molecule has 1 aromatic rings. The summed E-state index contributed by atoms with van der Waals surface area (Å²) < 4.78 is 10.7. The quantitative estimate of drug-likeness (QED) is 0.741. The van der Waals surface area contributed by atoms with Crippen molar-refractivity contribution in [1.29, 1.82) is 0 Å². The number of carbonyl (C=O) groups is 1. The Hall–Kier alpha value is -1.66. The highest BCUT2D eigenvalue weighted by Crippen LogP contribution is 2.17. The van der Waals surface area contributed by atoms with Crippen LogP contribution in [0.3, 0.4) is 0 Å². The van der Waals surface area contributed by atoms with E-state index in [-0.39, 0.29) is 17.5 Å². The fourth-order valence-electron chi connectivity index (χ4n) is 1.37. The Kier molecular flexibility index (Phi) is 5.91. The molecular weight excluding hydrogens is 276 g/mol. The molecule has 0 aliphatic carbocycles. The summed E-state index contributed by atoms with van der Waals surface area (Å²) in [5, 5.41) is 2.74. The first-order chi connectivity index (χ1) is 9.35. The lowest BCUT2D eigenvalue weighted by Crippen LogP contribution is -2.41. The van der Waals surface area contributed by atoms with Crippen molar-refractivity contribution in [3.63, 3.8) is 0 Å². The first-order valence-corrected chi connectivity index (χ1v) is 6.60. The number of nitrogens with two attached hydrogens (primary N) is 1. The maximum absolute atomic E-state index is 11.7. The number of methoxy groups -OCH3 is 1. The van der Waals surface area contributed by atoms with Crippen LogP contribution in [-0.2, 0) is 9.53 Å². The molecule has 0 aliphatic rings. The van der Waals surface area contributed by atoms with E-state index in [1.165, 1.54) is 0 Å². The van der Waals surface area contributed by atoms with Crippen molar-refractivity contribution >= 4 is 23.1 Å². The van der Waals surface area contributed by atoms with E-state index in [0.29, 0.717) is 17.9 Å². The van der Waals surface area contributed by atoms with Crippen molar-refractivity contribution in [2.45, 2.75) is 19.4 Å². The van der Waals surface area contributed by atoms with Gasteiger partial charge in [-0.15, -0.1) is 0 Å². The minimum atomic E-state index is -0.410. The topological polar surface area (TPSA) is 73.6 Å². The number of ether oxygens (including phenoxy) is 2. The van der Waals surface area contributed by atoms with Crippen LogP contribution in [0.4, 0.5) is 0 Å². The minimum absolute atomic E-state index is 0.0978. The van der Waals surface area contributed by atoms with Crippen LogP contribution in [0, 0.1) is 0 Å². The van der Waals surface area contributed by atoms with Gasteiger partial charge in [-0.3, -0.25) is 4.79 Å². The lowest BCUT2D eigenvalue weighted by molar-refractivity contribution is -0.124. The van der Waals surface area contributed by atoms with Gasteiger partial charge in [-0.05, 0) is 26.0 Å². The summed E-state index contributed by atoms with van der Waals surface area (Å²) in [7, 11) is 1.60. The summed E-state index contributed by atoms with van der Waals surface area (Å²) in [4.78, 5) is 11.9. The van der Waals surface area contributed by atoms with E-state index >= 15 is 0 Å². The zero-order chi connectivity index (χ0) is 15.2. The van der Waals surface area contributed by atoms with Crippen LogP contribution in [-0.4, -0.2) is 36.8 Å². The summed E-state index contributed by atoms with van der Waals surface area (Å²) in [6, 6.07) is 7.08. The van der Waals surface area contributed by atoms with Crippen molar-refractivity contribution in [1.82, 2.24) is 5.32 Å². The van der Waals surface area contributed by atoms with Crippen LogP contribution < -0.4 is 15.8 Å². The van der Waals surface area contributed by atoms with Gasteiger partial charge in [0.15, 0.2) is 6.61 Å². The monoisotopic (exact) mass is 296 g/mol. The SMILES string of the molecule is COC(C)(C)CNC(=O)COc1ccccc1C(N)=S. The van der Waals surface area contributed by atoms with E-state index in [1.807, 2.05) is 19.9 Å². The van der Waals surface area contributed by atoms with E-state index in [9.17, 15) is 4.79 Å². The molecule has 110 valence electrons. The van der Waals surface area contributed by atoms with Gasteiger partial charge in [-0.2, -0.15) is 0 Å². The second kappa shape index (κ2) is 7.21. The molecule has 0 unspecified atom stereocenters. The van der Waals surface area contributed by atoms with Crippen LogP contribution in [0.15, 0.2) is 24.3 Å². The van der Waals surface area contributed by atoms with Crippen molar-refractivity contribution in [3.05, 3.63) is 29.8 Å². The standard InChI is InChI=1S/C14H20N2O3S/c1-14(2,18-3)9-16-12(17)8-19-11-7-5-4-6-10(11)13(15)20/h4-7H,8-9H2,1-3H3,(H2,15,20)(H,16,17). The Morgan fingerprint density at radius 1 is 1.40 bits per heavy atom. The normalized spacial score (nSPS) is 10.9. The number of thiocarbonyl (C=S) groups is 1. The summed E-state index contributed by atoms with van der Waals surface area (Å²) >= 11 is 4.93. The van der Waals surface area contributed by atoms with E-state index < -0.39 is 5.60 Å². The molecule has 1 amide bonds. The van der Waals surface area contributed by atoms with Gasteiger partial charge < -0.3 is 20.5 Å². The maximum Gasteiger partial charge on any atom is 0.258 e. The number of hydrogen-bond donors (Lipinski definition) is 2. The van der Waals surface area contributed by atoms with Gasteiger partial charge >= 0.3 is 0 Å². The second-order valence-corrected chi connectivity index (χ2v) is 5.33. The van der Waals surface area contributed by atoms with Gasteiger partial charge in [-0.25, -0.2) is 0 Å². The molecule has 0 spiro atoms. The Morgan fingerprint density at radius 2 is 2.05 bits per heavy atom. The van der Waals surface area contributed by atoms with Crippen LogP contribution in [0.2, 0.25) is 0 Å². The molecule has 5 nitrogen and oxygen atoms in total. The molecule has 0 radical (unpaired) electrons. The highest BCUT2D eigenvalue weighted by Gasteiger charge is 2.17. The molecule has 0 heterocycles. The zero-order valence-electron chi connectivity index (χ0n) is 11.9. The fourth-order valence-corrected chi connectivity index (χ4v) is 1.54. The summed E-state index contributed by atoms with van der Waals surface area (Å²) in [6.07, 6.45) is 0. The van der Waals surface area contributed by atoms with Gasteiger partial charge in [-0.1, -0.05) is 24.4 Å². The first kappa shape index (κ1) is 16.4. The number of nitrogens with one attached hydrogen (secondary N) is 1. The number of rotatable bonds is 7. The molecule has 6 heteroatoms. The molecular formula is C14H20N2O3S. The molecule has 0 bridgehead atoms. The molecule has 0 aliphatic heterocycles. The van der Waals surface area contributed by atoms with Crippen LogP contribution in [0.1, 0.15) is 19.4 Å². The predicted molar refractivity (Wildman–Crippen MR) is 81.9 cm³/mol. The molecule has 0 saturated carbocycles. The van der Waals surface area contributed by atoms with E-state index in [4.69, 9.17) is 27.4 Å². The number of amides is 1. The third-order valence-corrected chi connectivity index (χ3v) is 3.00. The highest BCUT2D eigenvalue weighted by atomic mass is 32.1. The van der Waals surface area contributed by atoms with Crippen molar-refractivity contribution in [2.75, 3.05) is 20.3 Å². The number of hydrogen-bond acceptors (Lipinski definition) is 4. The van der Waals surface area contributed by atoms with Crippen molar-refractivity contribution < 1.29 is 14.3 Å². The zero-order valence-corrected chi connectivity index (χ0v) is 12.8. The van der Waals surface area contributed by atoms with Gasteiger partial charge in [0, 0.05) is 13.7 Å². The molecule has 0 saturated heterocycles. The van der Waals surface area contributed by atoms with Gasteiger partial charge in [0.2, 0.25) is 0 Å². The third kappa shape index (κ3) is 5.14. The summed E-state index contributed by atoms with van der Waals surface area (Å²) in [5.74, 6) is 0.272. The number of benzene rings is 1. The molecule has 20 heavy (non-hydrogen) atoms. The lowest BCUT2D eigenvalue weighted by atomic mass is 10.1. The summed E-state index contributed by atoms with van der Waals surface area (Å²) in [6.45, 7) is 4.08. The Labute approximate surface area is 124 Å². The Balaban J connectivity index is 2.52. The molecule has 3 N–H and O–H groups in total. The third-order valence-electron chi connectivity index (χ3n) is 2.78. The fraction of sp³-hybridized carbons (Fsp3) is 0.429. The smallest absolute Gasteiger partial charge is 0.258 e. The van der Waals surface area contributed by atoms with Crippen LogP contribution in [0.25, 0.3) is 0 Å². The van der Waals surface area contributed by atoms with Crippen LogP contribution in [0.5, 0.6) is 5.75 Å². The van der Waals surface area contributed by atoms with Gasteiger partial charge in [0.1, 0.15) is 10.7 Å². The molecule has 0 fully saturated rings. The molecule has 1 aromatic carbocycles. The van der Waals surface area contributed by atoms with Gasteiger partial charge in [0.25, 0.3) is 5.91 Å². The largest absolute Gasteiger partial charge is 0.483 e.